The summed E-state index contributed by atoms with van der Waals surface area (Å²) in [6, 6.07) is 10.7. The second kappa shape index (κ2) is 8.53. The maximum atomic E-state index is 12.8. The van der Waals surface area contributed by atoms with Gasteiger partial charge in [0.05, 0.1) is 0 Å². The van der Waals surface area contributed by atoms with Crippen LogP contribution in [0.3, 0.4) is 0 Å². The van der Waals surface area contributed by atoms with Gasteiger partial charge in [-0.2, -0.15) is 0 Å². The number of piperidine rings is 1. The number of nitrogens with zero attached hydrogens (tertiary/aromatic N) is 1. The Bertz CT molecular complexity index is 802. The number of benzene rings is 1. The first-order valence-electron chi connectivity index (χ1n) is 9.79. The molecule has 0 spiro atoms. The number of hydrogen-bond acceptors (Lipinski definition) is 3. The van der Waals surface area contributed by atoms with E-state index in [1.807, 2.05) is 19.9 Å². The Balaban J connectivity index is 1.58. The zero-order valence-corrected chi connectivity index (χ0v) is 16.5. The van der Waals surface area contributed by atoms with E-state index < -0.39 is 0 Å². The van der Waals surface area contributed by atoms with Crippen molar-refractivity contribution >= 4 is 11.7 Å². The number of aromatic amines is 1. The molecular weight excluding hydrogens is 338 g/mol. The quantitative estimate of drug-likeness (QED) is 0.768. The van der Waals surface area contributed by atoms with Gasteiger partial charge in [-0.05, 0) is 44.2 Å². The lowest BCUT2D eigenvalue weighted by atomic mass is 10.0. The van der Waals surface area contributed by atoms with E-state index in [1.165, 1.54) is 5.56 Å². The molecule has 1 aliphatic heterocycles. The van der Waals surface area contributed by atoms with Crippen LogP contribution < -0.4 is 5.32 Å². The molecule has 2 N–H and O–H groups in total. The third-order valence-corrected chi connectivity index (χ3v) is 5.40. The fraction of sp³-hybridized carbons (Fsp3) is 0.455. The highest BCUT2D eigenvalue weighted by molar-refractivity contribution is 6.02. The van der Waals surface area contributed by atoms with Crippen molar-refractivity contribution in [3.05, 3.63) is 58.4 Å². The average molecular weight is 367 g/mol. The molecule has 0 radical (unpaired) electrons. The van der Waals surface area contributed by atoms with E-state index in [4.69, 9.17) is 0 Å². The Morgan fingerprint density at radius 2 is 1.85 bits per heavy atom. The van der Waals surface area contributed by atoms with Gasteiger partial charge in [-0.3, -0.25) is 14.5 Å². The second-order valence-corrected chi connectivity index (χ2v) is 7.40. The Hall–Kier alpha value is -2.40. The van der Waals surface area contributed by atoms with Crippen LogP contribution in [0.15, 0.2) is 30.3 Å². The standard InChI is InChI=1S/C22H29N3O2/c1-4-19-20(16(3)26)15(2)23-21(19)22(27)24-18-10-12-25(13-11-18)14-17-8-6-5-7-9-17/h5-9,18,23H,4,10-14H2,1-3H3,(H,24,27). The minimum Gasteiger partial charge on any atom is -0.354 e. The summed E-state index contributed by atoms with van der Waals surface area (Å²) in [4.78, 5) is 30.3. The number of nitrogens with one attached hydrogen (secondary N) is 2. The number of rotatable bonds is 6. The van der Waals surface area contributed by atoms with Gasteiger partial charge >= 0.3 is 0 Å². The summed E-state index contributed by atoms with van der Waals surface area (Å²) in [6.45, 7) is 8.30. The van der Waals surface area contributed by atoms with Crippen LogP contribution in [0, 0.1) is 6.92 Å². The second-order valence-electron chi connectivity index (χ2n) is 7.40. The summed E-state index contributed by atoms with van der Waals surface area (Å²) >= 11 is 0. The maximum absolute atomic E-state index is 12.8. The lowest BCUT2D eigenvalue weighted by Gasteiger charge is -2.32. The number of likely N-dealkylation sites (tertiary alicyclic amines) is 1. The molecule has 0 saturated carbocycles. The van der Waals surface area contributed by atoms with Gasteiger partial charge in [0.25, 0.3) is 5.91 Å². The van der Waals surface area contributed by atoms with E-state index in [9.17, 15) is 9.59 Å². The van der Waals surface area contributed by atoms with E-state index in [1.54, 1.807) is 6.92 Å². The summed E-state index contributed by atoms with van der Waals surface area (Å²) in [5.74, 6) is -0.0853. The number of carbonyl (C=O) groups excluding carboxylic acids is 2. The van der Waals surface area contributed by atoms with Gasteiger partial charge in [-0.1, -0.05) is 37.3 Å². The van der Waals surface area contributed by atoms with E-state index in [2.05, 4.69) is 39.5 Å². The van der Waals surface area contributed by atoms with Crippen LogP contribution in [0.2, 0.25) is 0 Å². The SMILES string of the molecule is CCc1c(C(=O)NC2CCN(Cc3ccccc3)CC2)[nH]c(C)c1C(C)=O. The Morgan fingerprint density at radius 1 is 1.19 bits per heavy atom. The van der Waals surface area contributed by atoms with Gasteiger partial charge in [-0.25, -0.2) is 0 Å². The van der Waals surface area contributed by atoms with Crippen LogP contribution in [0.5, 0.6) is 0 Å². The zero-order chi connectivity index (χ0) is 19.4. The predicted octanol–water partition coefficient (Wildman–Crippen LogP) is 3.48. The molecule has 5 nitrogen and oxygen atoms in total. The van der Waals surface area contributed by atoms with Gasteiger partial charge in [0.2, 0.25) is 0 Å². The lowest BCUT2D eigenvalue weighted by Crippen LogP contribution is -2.44. The van der Waals surface area contributed by atoms with Crippen LogP contribution in [0.4, 0.5) is 0 Å². The maximum Gasteiger partial charge on any atom is 0.268 e. The third-order valence-electron chi connectivity index (χ3n) is 5.40. The molecule has 1 aromatic carbocycles. The van der Waals surface area contributed by atoms with Crippen molar-refractivity contribution in [1.82, 2.24) is 15.2 Å². The first-order valence-corrected chi connectivity index (χ1v) is 9.79. The normalized spacial score (nSPS) is 15.7. The average Bonchev–Trinajstić information content (AvgIpc) is 3.01. The molecule has 2 aromatic rings. The molecule has 2 heterocycles. The number of Topliss-reactive ketones (excluding diaryl/α,β-unsaturated/α-hetero) is 1. The van der Waals surface area contributed by atoms with Crippen molar-refractivity contribution in [1.29, 1.82) is 0 Å². The van der Waals surface area contributed by atoms with Crippen molar-refractivity contribution in [3.63, 3.8) is 0 Å². The topological polar surface area (TPSA) is 65.2 Å². The Kier molecular flexibility index (Phi) is 6.11. The Labute approximate surface area is 161 Å². The molecular formula is C22H29N3O2. The molecule has 1 saturated heterocycles. The van der Waals surface area contributed by atoms with Crippen molar-refractivity contribution in [3.8, 4) is 0 Å². The summed E-state index contributed by atoms with van der Waals surface area (Å²) < 4.78 is 0. The van der Waals surface area contributed by atoms with E-state index in [-0.39, 0.29) is 17.7 Å². The number of hydrogen-bond donors (Lipinski definition) is 2. The monoisotopic (exact) mass is 367 g/mol. The van der Waals surface area contributed by atoms with Crippen molar-refractivity contribution < 1.29 is 9.59 Å². The van der Waals surface area contributed by atoms with E-state index in [0.717, 1.165) is 43.7 Å². The first kappa shape index (κ1) is 19.4. The molecule has 144 valence electrons. The van der Waals surface area contributed by atoms with Crippen LogP contribution in [-0.2, 0) is 13.0 Å². The van der Waals surface area contributed by atoms with Gasteiger partial charge in [-0.15, -0.1) is 0 Å². The van der Waals surface area contributed by atoms with Crippen LogP contribution >= 0.6 is 0 Å². The van der Waals surface area contributed by atoms with Gasteiger partial charge in [0.15, 0.2) is 5.78 Å². The number of aromatic nitrogens is 1. The smallest absolute Gasteiger partial charge is 0.268 e. The minimum atomic E-state index is -0.0936. The molecule has 0 atom stereocenters. The summed E-state index contributed by atoms with van der Waals surface area (Å²) in [5, 5.41) is 3.17. The molecule has 0 aliphatic carbocycles. The molecule has 5 heteroatoms. The largest absolute Gasteiger partial charge is 0.354 e. The molecule has 3 rings (SSSR count). The van der Waals surface area contributed by atoms with Crippen molar-refractivity contribution in [2.75, 3.05) is 13.1 Å². The third kappa shape index (κ3) is 4.48. The van der Waals surface area contributed by atoms with Crippen LogP contribution in [-0.4, -0.2) is 40.7 Å². The predicted molar refractivity (Wildman–Crippen MR) is 107 cm³/mol. The lowest BCUT2D eigenvalue weighted by molar-refractivity contribution is 0.0903. The van der Waals surface area contributed by atoms with Crippen LogP contribution in [0.1, 0.15) is 64.4 Å². The summed E-state index contributed by atoms with van der Waals surface area (Å²) in [5.41, 5.74) is 4.15. The molecule has 1 aliphatic rings. The van der Waals surface area contributed by atoms with Crippen molar-refractivity contribution in [2.24, 2.45) is 0 Å². The zero-order valence-electron chi connectivity index (χ0n) is 16.5. The minimum absolute atomic E-state index is 0.00821. The highest BCUT2D eigenvalue weighted by Crippen LogP contribution is 2.21. The number of aryl methyl sites for hydroxylation is 1. The summed E-state index contributed by atoms with van der Waals surface area (Å²) in [6.07, 6.45) is 2.55. The summed E-state index contributed by atoms with van der Waals surface area (Å²) in [7, 11) is 0. The first-order chi connectivity index (χ1) is 13.0. The van der Waals surface area contributed by atoms with Gasteiger partial charge < -0.3 is 10.3 Å². The fourth-order valence-corrected chi connectivity index (χ4v) is 4.04. The van der Waals surface area contributed by atoms with Crippen LogP contribution in [0.25, 0.3) is 0 Å². The highest BCUT2D eigenvalue weighted by Gasteiger charge is 2.25. The molecule has 1 fully saturated rings. The van der Waals surface area contributed by atoms with E-state index in [0.29, 0.717) is 17.7 Å². The van der Waals surface area contributed by atoms with Crippen molar-refractivity contribution in [2.45, 2.75) is 52.6 Å². The molecule has 0 unspecified atom stereocenters. The molecule has 0 bridgehead atoms. The number of amides is 1. The number of H-pyrrole nitrogens is 1. The van der Waals surface area contributed by atoms with Gasteiger partial charge in [0.1, 0.15) is 5.69 Å². The highest BCUT2D eigenvalue weighted by atomic mass is 16.2. The molecule has 1 amide bonds. The fourth-order valence-electron chi connectivity index (χ4n) is 4.04. The van der Waals surface area contributed by atoms with E-state index >= 15 is 0 Å². The molecule has 1 aromatic heterocycles. The van der Waals surface area contributed by atoms with Gasteiger partial charge in [0, 0.05) is 36.9 Å². The molecule has 27 heavy (non-hydrogen) atoms. The number of carbonyl (C=O) groups is 2. The number of ketones is 1. The Morgan fingerprint density at radius 3 is 2.44 bits per heavy atom.